The molecule has 0 aromatic carbocycles. The molecule has 2 rings (SSSR count). The lowest BCUT2D eigenvalue weighted by Gasteiger charge is -2.27. The maximum atomic E-state index is 9.10. The second kappa shape index (κ2) is 4.33. The predicted molar refractivity (Wildman–Crippen MR) is 58.6 cm³/mol. The monoisotopic (exact) mass is 209 g/mol. The number of aryl methyl sites for hydroxylation is 1. The Balaban J connectivity index is 2.09. The van der Waals surface area contributed by atoms with Crippen molar-refractivity contribution in [1.29, 1.82) is 0 Å². The fraction of sp³-hybridized carbons (Fsp3) is 0.727. The highest BCUT2D eigenvalue weighted by Crippen LogP contribution is 2.26. The molecule has 1 aliphatic rings. The van der Waals surface area contributed by atoms with E-state index in [1.807, 2.05) is 13.1 Å². The molecule has 0 atom stereocenters. The molecule has 0 amide bonds. The normalized spacial score (nSPS) is 19.7. The molecule has 0 saturated carbocycles. The molecular formula is C11H19N3O. The molecule has 1 N–H and O–H groups in total. The Bertz CT molecular complexity index is 327. The van der Waals surface area contributed by atoms with Crippen molar-refractivity contribution in [2.75, 3.05) is 20.1 Å². The predicted octanol–water partition coefficient (Wildman–Crippen LogP) is 0.722. The lowest BCUT2D eigenvalue weighted by molar-refractivity contribution is 0.253. The molecule has 0 unspecified atom stereocenters. The van der Waals surface area contributed by atoms with E-state index in [2.05, 4.69) is 17.0 Å². The minimum atomic E-state index is 0.0795. The van der Waals surface area contributed by atoms with Crippen molar-refractivity contribution in [3.63, 3.8) is 0 Å². The molecule has 15 heavy (non-hydrogen) atoms. The van der Waals surface area contributed by atoms with Crippen LogP contribution in [0.15, 0.2) is 6.07 Å². The summed E-state index contributed by atoms with van der Waals surface area (Å²) in [4.78, 5) is 2.35. The number of hydrogen-bond acceptors (Lipinski definition) is 3. The molecule has 1 fully saturated rings. The van der Waals surface area contributed by atoms with E-state index < -0.39 is 0 Å². The molecule has 4 heteroatoms. The van der Waals surface area contributed by atoms with Gasteiger partial charge in [-0.15, -0.1) is 0 Å². The van der Waals surface area contributed by atoms with E-state index in [9.17, 15) is 0 Å². The van der Waals surface area contributed by atoms with Gasteiger partial charge in [0.1, 0.15) is 0 Å². The first-order valence-corrected chi connectivity index (χ1v) is 5.53. The first-order chi connectivity index (χ1) is 7.20. The van der Waals surface area contributed by atoms with Crippen LogP contribution in [0.1, 0.15) is 30.1 Å². The smallest absolute Gasteiger partial charge is 0.0849 e. The minimum Gasteiger partial charge on any atom is -0.390 e. The van der Waals surface area contributed by atoms with E-state index in [1.165, 1.54) is 12.8 Å². The zero-order valence-electron chi connectivity index (χ0n) is 9.48. The Labute approximate surface area is 90.5 Å². The van der Waals surface area contributed by atoms with Gasteiger partial charge in [0.2, 0.25) is 0 Å². The molecule has 1 saturated heterocycles. The molecule has 84 valence electrons. The largest absolute Gasteiger partial charge is 0.390 e. The third-order valence-corrected chi connectivity index (χ3v) is 3.29. The van der Waals surface area contributed by atoms with E-state index in [0.717, 1.165) is 24.5 Å². The summed E-state index contributed by atoms with van der Waals surface area (Å²) < 4.78 is 1.79. The highest BCUT2D eigenvalue weighted by atomic mass is 16.3. The first kappa shape index (κ1) is 10.6. The third kappa shape index (κ3) is 2.21. The van der Waals surface area contributed by atoms with Crippen molar-refractivity contribution in [2.24, 2.45) is 7.05 Å². The van der Waals surface area contributed by atoms with E-state index in [0.29, 0.717) is 5.92 Å². The van der Waals surface area contributed by atoms with Crippen molar-refractivity contribution in [2.45, 2.75) is 25.4 Å². The number of rotatable bonds is 2. The van der Waals surface area contributed by atoms with Gasteiger partial charge in [0, 0.05) is 13.0 Å². The van der Waals surface area contributed by atoms with E-state index in [-0.39, 0.29) is 6.61 Å². The number of aromatic nitrogens is 2. The molecule has 4 nitrogen and oxygen atoms in total. The summed E-state index contributed by atoms with van der Waals surface area (Å²) in [5, 5.41) is 13.6. The molecule has 0 aliphatic carbocycles. The summed E-state index contributed by atoms with van der Waals surface area (Å²) in [6, 6.07) is 2.04. The number of likely N-dealkylation sites (tertiary alicyclic amines) is 1. The molecule has 0 bridgehead atoms. The third-order valence-electron chi connectivity index (χ3n) is 3.29. The molecule has 0 spiro atoms. The zero-order valence-corrected chi connectivity index (χ0v) is 9.48. The Morgan fingerprint density at radius 2 is 2.07 bits per heavy atom. The summed E-state index contributed by atoms with van der Waals surface area (Å²) in [6.07, 6.45) is 2.36. The summed E-state index contributed by atoms with van der Waals surface area (Å²) in [5.41, 5.74) is 2.05. The van der Waals surface area contributed by atoms with Crippen molar-refractivity contribution >= 4 is 0 Å². The molecule has 0 radical (unpaired) electrons. The minimum absolute atomic E-state index is 0.0795. The zero-order chi connectivity index (χ0) is 10.8. The van der Waals surface area contributed by atoms with Crippen molar-refractivity contribution < 1.29 is 5.11 Å². The van der Waals surface area contributed by atoms with Gasteiger partial charge in [-0.05, 0) is 39.0 Å². The van der Waals surface area contributed by atoms with E-state index in [1.54, 1.807) is 4.68 Å². The number of piperidine rings is 1. The highest BCUT2D eigenvalue weighted by molar-refractivity contribution is 5.14. The van der Waals surface area contributed by atoms with Crippen LogP contribution in [0.4, 0.5) is 0 Å². The van der Waals surface area contributed by atoms with E-state index in [4.69, 9.17) is 5.11 Å². The highest BCUT2D eigenvalue weighted by Gasteiger charge is 2.21. The van der Waals surface area contributed by atoms with Crippen molar-refractivity contribution in [1.82, 2.24) is 14.7 Å². The number of aliphatic hydroxyl groups is 1. The molecule has 2 heterocycles. The Morgan fingerprint density at radius 3 is 2.60 bits per heavy atom. The number of hydrogen-bond donors (Lipinski definition) is 1. The SMILES string of the molecule is CN1CCC(c2cc(CO)n(C)n2)CC1. The van der Waals surface area contributed by atoms with Crippen LogP contribution in [0.3, 0.4) is 0 Å². The lowest BCUT2D eigenvalue weighted by Crippen LogP contribution is -2.29. The molecular weight excluding hydrogens is 190 g/mol. The van der Waals surface area contributed by atoms with Gasteiger partial charge in [0.05, 0.1) is 18.0 Å². The summed E-state index contributed by atoms with van der Waals surface area (Å²) in [6.45, 7) is 2.38. The lowest BCUT2D eigenvalue weighted by atomic mass is 9.94. The van der Waals surface area contributed by atoms with E-state index >= 15 is 0 Å². The summed E-state index contributed by atoms with van der Waals surface area (Å²) in [5.74, 6) is 0.577. The van der Waals surface area contributed by atoms with Crippen LogP contribution in [0.2, 0.25) is 0 Å². The van der Waals surface area contributed by atoms with Gasteiger partial charge >= 0.3 is 0 Å². The fourth-order valence-electron chi connectivity index (χ4n) is 2.18. The van der Waals surface area contributed by atoms with Gasteiger partial charge in [0.25, 0.3) is 0 Å². The van der Waals surface area contributed by atoms with Crippen LogP contribution >= 0.6 is 0 Å². The quantitative estimate of drug-likeness (QED) is 0.780. The fourth-order valence-corrected chi connectivity index (χ4v) is 2.18. The van der Waals surface area contributed by atoms with Crippen LogP contribution in [0.25, 0.3) is 0 Å². The number of aliphatic hydroxyl groups excluding tert-OH is 1. The Hall–Kier alpha value is -0.870. The molecule has 1 aromatic rings. The maximum absolute atomic E-state index is 9.10. The Kier molecular flexibility index (Phi) is 3.07. The van der Waals surface area contributed by atoms with Gasteiger partial charge in [-0.2, -0.15) is 5.10 Å². The summed E-state index contributed by atoms with van der Waals surface area (Å²) >= 11 is 0. The van der Waals surface area contributed by atoms with Crippen LogP contribution in [0.5, 0.6) is 0 Å². The second-order valence-corrected chi connectivity index (χ2v) is 4.42. The van der Waals surface area contributed by atoms with Gasteiger partial charge in [-0.3, -0.25) is 4.68 Å². The van der Waals surface area contributed by atoms with Gasteiger partial charge in [-0.25, -0.2) is 0 Å². The summed E-state index contributed by atoms with van der Waals surface area (Å²) in [7, 11) is 4.05. The van der Waals surface area contributed by atoms with Crippen LogP contribution in [-0.4, -0.2) is 39.9 Å². The number of nitrogens with zero attached hydrogens (tertiary/aromatic N) is 3. The Morgan fingerprint density at radius 1 is 1.40 bits per heavy atom. The van der Waals surface area contributed by atoms with Gasteiger partial charge in [0.15, 0.2) is 0 Å². The van der Waals surface area contributed by atoms with Crippen LogP contribution < -0.4 is 0 Å². The van der Waals surface area contributed by atoms with Crippen molar-refractivity contribution in [3.8, 4) is 0 Å². The van der Waals surface area contributed by atoms with Crippen LogP contribution in [0, 0.1) is 0 Å². The average molecular weight is 209 g/mol. The second-order valence-electron chi connectivity index (χ2n) is 4.42. The van der Waals surface area contributed by atoms with Gasteiger partial charge in [-0.1, -0.05) is 0 Å². The van der Waals surface area contributed by atoms with Gasteiger partial charge < -0.3 is 10.0 Å². The standard InChI is InChI=1S/C11H19N3O/c1-13-5-3-9(4-6-13)11-7-10(8-15)14(2)12-11/h7,9,15H,3-6,8H2,1-2H3. The molecule has 1 aliphatic heterocycles. The molecule has 1 aromatic heterocycles. The average Bonchev–Trinajstić information content (AvgIpc) is 2.61. The maximum Gasteiger partial charge on any atom is 0.0849 e. The van der Waals surface area contributed by atoms with Crippen molar-refractivity contribution in [3.05, 3.63) is 17.5 Å². The first-order valence-electron chi connectivity index (χ1n) is 5.53. The van der Waals surface area contributed by atoms with Crippen LogP contribution in [-0.2, 0) is 13.7 Å². The topological polar surface area (TPSA) is 41.3 Å².